The molecule has 0 spiro atoms. The van der Waals surface area contributed by atoms with Crippen molar-refractivity contribution in [2.45, 2.75) is 45.7 Å². The Hall–Kier alpha value is -2.49. The summed E-state index contributed by atoms with van der Waals surface area (Å²) in [4.78, 5) is 4.81. The first-order valence-corrected chi connectivity index (χ1v) is 13.1. The third-order valence-electron chi connectivity index (χ3n) is 5.83. The van der Waals surface area contributed by atoms with E-state index in [1.165, 1.54) is 15.9 Å². The van der Waals surface area contributed by atoms with E-state index < -0.39 is 8.32 Å². The van der Waals surface area contributed by atoms with Crippen LogP contribution in [0.1, 0.15) is 46.2 Å². The van der Waals surface area contributed by atoms with E-state index in [2.05, 4.69) is 126 Å². The lowest BCUT2D eigenvalue weighted by atomic mass is 10.1. The van der Waals surface area contributed by atoms with Crippen LogP contribution in [0.3, 0.4) is 0 Å². The Kier molecular flexibility index (Phi) is 7.63. The summed E-state index contributed by atoms with van der Waals surface area (Å²) in [6.45, 7) is 11.9. The Labute approximate surface area is 189 Å². The molecule has 0 aliphatic rings. The largest absolute Gasteiger partial charge is 0.407 e. The van der Waals surface area contributed by atoms with Gasteiger partial charge in [-0.2, -0.15) is 0 Å². The summed E-state index contributed by atoms with van der Waals surface area (Å²) in [6, 6.07) is 32.2. The van der Waals surface area contributed by atoms with Crippen molar-refractivity contribution >= 4 is 24.9 Å². The van der Waals surface area contributed by atoms with Crippen LogP contribution >= 0.6 is 0 Å². The van der Waals surface area contributed by atoms with Crippen LogP contribution in [0.25, 0.3) is 0 Å². The molecule has 0 amide bonds. The molecule has 0 unspecified atom stereocenters. The van der Waals surface area contributed by atoms with Crippen LogP contribution in [-0.2, 0) is 4.43 Å². The van der Waals surface area contributed by atoms with E-state index in [1.54, 1.807) is 0 Å². The molecule has 3 rings (SSSR count). The average Bonchev–Trinajstić information content (AvgIpc) is 2.79. The number of benzene rings is 3. The Morgan fingerprint density at radius 3 is 1.68 bits per heavy atom. The summed E-state index contributed by atoms with van der Waals surface area (Å²) in [6.07, 6.45) is 2.06. The van der Waals surface area contributed by atoms with Gasteiger partial charge in [0.15, 0.2) is 0 Å². The summed E-state index contributed by atoms with van der Waals surface area (Å²) >= 11 is 0. The molecule has 0 fully saturated rings. The highest BCUT2D eigenvalue weighted by Gasteiger charge is 2.50. The van der Waals surface area contributed by atoms with E-state index >= 15 is 0 Å². The number of hydrogen-bond acceptors (Lipinski definition) is 2. The van der Waals surface area contributed by atoms with Crippen LogP contribution in [0.2, 0.25) is 5.04 Å². The zero-order chi connectivity index (χ0) is 22.3. The summed E-state index contributed by atoms with van der Waals surface area (Å²) in [5.74, 6) is 0.229. The Balaban J connectivity index is 1.86. The van der Waals surface area contributed by atoms with Crippen molar-refractivity contribution in [3.05, 3.63) is 96.6 Å². The van der Waals surface area contributed by atoms with Gasteiger partial charge in [0.2, 0.25) is 0 Å². The number of nitrogens with zero attached hydrogens (tertiary/aromatic N) is 1. The van der Waals surface area contributed by atoms with Crippen molar-refractivity contribution in [2.75, 3.05) is 6.61 Å². The van der Waals surface area contributed by atoms with Crippen molar-refractivity contribution in [3.8, 4) is 0 Å². The van der Waals surface area contributed by atoms with Gasteiger partial charge in [0, 0.05) is 18.7 Å². The van der Waals surface area contributed by atoms with Gasteiger partial charge in [-0.05, 0) is 27.9 Å². The minimum absolute atomic E-state index is 0.0100. The summed E-state index contributed by atoms with van der Waals surface area (Å²) in [5.41, 5.74) is 1.24. The van der Waals surface area contributed by atoms with Crippen LogP contribution < -0.4 is 10.4 Å². The lowest BCUT2D eigenvalue weighted by Gasteiger charge is -2.43. The highest BCUT2D eigenvalue weighted by molar-refractivity contribution is 6.99. The number of aliphatic imine (C=N–C) groups is 1. The second-order valence-electron chi connectivity index (χ2n) is 9.34. The lowest BCUT2D eigenvalue weighted by molar-refractivity contribution is 0.277. The summed E-state index contributed by atoms with van der Waals surface area (Å²) < 4.78 is 7.01. The smallest absolute Gasteiger partial charge is 0.261 e. The molecule has 31 heavy (non-hydrogen) atoms. The van der Waals surface area contributed by atoms with E-state index in [1.807, 2.05) is 6.07 Å². The molecule has 0 radical (unpaired) electrons. The van der Waals surface area contributed by atoms with Gasteiger partial charge in [-0.1, -0.05) is 119 Å². The first kappa shape index (κ1) is 23.2. The average molecular weight is 430 g/mol. The highest BCUT2D eigenvalue weighted by Crippen LogP contribution is 2.37. The lowest BCUT2D eigenvalue weighted by Crippen LogP contribution is -2.66. The molecular weight excluding hydrogens is 394 g/mol. The molecule has 162 valence electrons. The zero-order valence-electron chi connectivity index (χ0n) is 19.5. The maximum absolute atomic E-state index is 7.01. The summed E-state index contributed by atoms with van der Waals surface area (Å²) in [5, 5.41) is 2.62. The predicted molar refractivity (Wildman–Crippen MR) is 136 cm³/mol. The van der Waals surface area contributed by atoms with Crippen molar-refractivity contribution < 1.29 is 4.43 Å². The molecular formula is C28H35NOSi. The van der Waals surface area contributed by atoms with Crippen LogP contribution in [-0.4, -0.2) is 21.1 Å². The molecule has 0 aliphatic carbocycles. The van der Waals surface area contributed by atoms with Gasteiger partial charge >= 0.3 is 0 Å². The van der Waals surface area contributed by atoms with Gasteiger partial charge in [-0.15, -0.1) is 0 Å². The minimum Gasteiger partial charge on any atom is -0.407 e. The Bertz CT molecular complexity index is 909. The highest BCUT2D eigenvalue weighted by atomic mass is 28.4. The van der Waals surface area contributed by atoms with E-state index in [4.69, 9.17) is 9.42 Å². The molecule has 3 heteroatoms. The van der Waals surface area contributed by atoms with E-state index in [-0.39, 0.29) is 17.0 Å². The number of hydrogen-bond donors (Lipinski definition) is 0. The fourth-order valence-electron chi connectivity index (χ4n) is 4.15. The molecule has 0 saturated carbocycles. The third-order valence-corrected chi connectivity index (χ3v) is 10.8. The standard InChI is InChI=1S/C28H35NOSi/c1-23(21-29-24(2)25-15-9-6-10-16-25)22-30-31(28(3,4)5,26-17-11-7-12-18-26)27-19-13-8-14-20-27/h6-21,23-24H,22H2,1-5H3/t23-,24-/m1/s1. The SMILES string of the molecule is C[C@H](C=N[C@H](C)c1ccccc1)CO[Si](c1ccccc1)(c1ccccc1)C(C)(C)C. The summed E-state index contributed by atoms with van der Waals surface area (Å²) in [7, 11) is -2.49. The normalized spacial score (nSPS) is 14.5. The van der Waals surface area contributed by atoms with Gasteiger partial charge < -0.3 is 4.43 Å². The molecule has 2 atom stereocenters. The van der Waals surface area contributed by atoms with E-state index in [9.17, 15) is 0 Å². The molecule has 3 aromatic carbocycles. The zero-order valence-corrected chi connectivity index (χ0v) is 20.5. The van der Waals surface area contributed by atoms with Crippen molar-refractivity contribution in [2.24, 2.45) is 10.9 Å². The minimum atomic E-state index is -2.49. The second-order valence-corrected chi connectivity index (χ2v) is 13.6. The molecule has 0 aliphatic heterocycles. The fraction of sp³-hybridized carbons (Fsp3) is 0.321. The third kappa shape index (κ3) is 5.41. The molecule has 0 heterocycles. The molecule has 0 aromatic heterocycles. The molecule has 0 N–H and O–H groups in total. The topological polar surface area (TPSA) is 21.6 Å². The molecule has 2 nitrogen and oxygen atoms in total. The first-order chi connectivity index (χ1) is 14.8. The van der Waals surface area contributed by atoms with Crippen molar-refractivity contribution in [1.82, 2.24) is 0 Å². The van der Waals surface area contributed by atoms with Crippen molar-refractivity contribution in [1.29, 1.82) is 0 Å². The van der Waals surface area contributed by atoms with Gasteiger partial charge in [0.05, 0.1) is 6.04 Å². The fourth-order valence-corrected chi connectivity index (χ4v) is 8.82. The van der Waals surface area contributed by atoms with Crippen LogP contribution in [0.4, 0.5) is 0 Å². The monoisotopic (exact) mass is 429 g/mol. The molecule has 0 saturated heterocycles. The van der Waals surface area contributed by atoms with E-state index in [0.29, 0.717) is 6.61 Å². The Morgan fingerprint density at radius 1 is 0.774 bits per heavy atom. The van der Waals surface area contributed by atoms with Gasteiger partial charge in [-0.25, -0.2) is 0 Å². The number of rotatable bonds is 8. The quantitative estimate of drug-likeness (QED) is 0.316. The maximum Gasteiger partial charge on any atom is 0.261 e. The molecule has 0 bridgehead atoms. The van der Waals surface area contributed by atoms with Gasteiger partial charge in [0.1, 0.15) is 0 Å². The molecule has 3 aromatic rings. The predicted octanol–water partition coefficient (Wildman–Crippen LogP) is 6.03. The van der Waals surface area contributed by atoms with Gasteiger partial charge in [0.25, 0.3) is 8.32 Å². The van der Waals surface area contributed by atoms with Gasteiger partial charge in [-0.3, -0.25) is 4.99 Å². The van der Waals surface area contributed by atoms with Crippen LogP contribution in [0, 0.1) is 5.92 Å². The van der Waals surface area contributed by atoms with Crippen LogP contribution in [0.5, 0.6) is 0 Å². The van der Waals surface area contributed by atoms with Crippen LogP contribution in [0.15, 0.2) is 96.0 Å². The van der Waals surface area contributed by atoms with Crippen molar-refractivity contribution in [3.63, 3.8) is 0 Å². The second kappa shape index (κ2) is 10.2. The first-order valence-electron chi connectivity index (χ1n) is 11.2. The Morgan fingerprint density at radius 2 is 1.23 bits per heavy atom. The van der Waals surface area contributed by atoms with E-state index in [0.717, 1.165) is 0 Å². The maximum atomic E-state index is 7.01.